The zero-order chi connectivity index (χ0) is 23.5. The number of rotatable bonds is 18. The fraction of sp³-hybridized carbons (Fsp3) is 0.917. The fourth-order valence-corrected chi connectivity index (χ4v) is 2.52. The van der Waals surface area contributed by atoms with Gasteiger partial charge in [-0.1, -0.05) is 97.8 Å². The first-order valence-electron chi connectivity index (χ1n) is 12.0. The minimum absolute atomic E-state index is 0.0463. The molecule has 0 spiro atoms. The molecule has 0 aromatic carbocycles. The normalized spacial score (nSPS) is 10.1. The third-order valence-corrected chi connectivity index (χ3v) is 4.61. The molecule has 182 valence electrons. The van der Waals surface area contributed by atoms with E-state index in [-0.39, 0.29) is 19.1 Å². The van der Waals surface area contributed by atoms with Crippen molar-refractivity contribution in [2.45, 2.75) is 124 Å². The van der Waals surface area contributed by atoms with Gasteiger partial charge in [-0.2, -0.15) is 0 Å². The van der Waals surface area contributed by atoms with Gasteiger partial charge in [0, 0.05) is 32.0 Å². The Hall–Kier alpha value is -1.14. The Morgan fingerprint density at radius 2 is 0.833 bits per heavy atom. The number of hydrogen-bond donors (Lipinski definition) is 4. The van der Waals surface area contributed by atoms with Crippen LogP contribution >= 0.6 is 0 Å². The van der Waals surface area contributed by atoms with Crippen molar-refractivity contribution in [1.82, 2.24) is 0 Å². The number of aliphatic carboxylic acids is 2. The Kier molecular flexibility index (Phi) is 33.6. The summed E-state index contributed by atoms with van der Waals surface area (Å²) in [6, 6.07) is 0. The summed E-state index contributed by atoms with van der Waals surface area (Å²) in [5, 5.41) is 33.1. The number of carboxylic acids is 2. The van der Waals surface area contributed by atoms with Crippen LogP contribution in [-0.2, 0) is 9.59 Å². The van der Waals surface area contributed by atoms with Crippen molar-refractivity contribution in [2.24, 2.45) is 5.92 Å². The highest BCUT2D eigenvalue weighted by Gasteiger charge is 1.96. The Morgan fingerprint density at radius 3 is 1.03 bits per heavy atom. The van der Waals surface area contributed by atoms with Gasteiger partial charge >= 0.3 is 11.9 Å². The number of hydrogen-bond acceptors (Lipinski definition) is 4. The maximum absolute atomic E-state index is 10.1. The van der Waals surface area contributed by atoms with E-state index in [1.807, 2.05) is 0 Å². The van der Waals surface area contributed by atoms with Crippen molar-refractivity contribution in [3.05, 3.63) is 0 Å². The van der Waals surface area contributed by atoms with Crippen LogP contribution in [0.2, 0.25) is 0 Å². The van der Waals surface area contributed by atoms with E-state index in [0.29, 0.717) is 12.8 Å². The Labute approximate surface area is 185 Å². The predicted octanol–water partition coefficient (Wildman–Crippen LogP) is 6.03. The molecular formula is C24H50O6. The first kappa shape index (κ1) is 33.5. The topological polar surface area (TPSA) is 115 Å². The lowest BCUT2D eigenvalue weighted by Gasteiger charge is -1.98. The second-order valence-corrected chi connectivity index (χ2v) is 8.00. The molecule has 0 aliphatic rings. The van der Waals surface area contributed by atoms with Crippen LogP contribution in [0.5, 0.6) is 0 Å². The summed E-state index contributed by atoms with van der Waals surface area (Å²) in [4.78, 5) is 20.3. The van der Waals surface area contributed by atoms with Gasteiger partial charge in [0.1, 0.15) is 0 Å². The number of unbranched alkanes of at least 4 members (excludes halogenated alkanes) is 12. The van der Waals surface area contributed by atoms with Crippen LogP contribution in [-0.4, -0.2) is 45.6 Å². The van der Waals surface area contributed by atoms with Crippen molar-refractivity contribution in [1.29, 1.82) is 0 Å². The molecule has 30 heavy (non-hydrogen) atoms. The lowest BCUT2D eigenvalue weighted by atomic mass is 10.1. The van der Waals surface area contributed by atoms with E-state index in [4.69, 9.17) is 20.4 Å². The molecule has 0 rings (SSSR count). The quantitative estimate of drug-likeness (QED) is 0.196. The highest BCUT2D eigenvalue weighted by Crippen LogP contribution is 2.08. The first-order valence-corrected chi connectivity index (χ1v) is 12.0. The van der Waals surface area contributed by atoms with Gasteiger partial charge in [-0.05, 0) is 12.8 Å². The van der Waals surface area contributed by atoms with E-state index in [1.54, 1.807) is 6.92 Å². The highest BCUT2D eigenvalue weighted by molar-refractivity contribution is 5.66. The molecular weight excluding hydrogens is 384 g/mol. The van der Waals surface area contributed by atoms with Crippen molar-refractivity contribution >= 4 is 11.9 Å². The summed E-state index contributed by atoms with van der Waals surface area (Å²) in [6.45, 7) is 6.34. The largest absolute Gasteiger partial charge is 0.481 e. The van der Waals surface area contributed by atoms with E-state index in [9.17, 15) is 9.59 Å². The molecule has 0 aromatic rings. The Morgan fingerprint density at radius 1 is 0.567 bits per heavy atom. The molecule has 0 saturated carbocycles. The monoisotopic (exact) mass is 434 g/mol. The van der Waals surface area contributed by atoms with Crippen molar-refractivity contribution in [3.63, 3.8) is 0 Å². The van der Waals surface area contributed by atoms with Gasteiger partial charge in [0.15, 0.2) is 0 Å². The average molecular weight is 435 g/mol. The van der Waals surface area contributed by atoms with Gasteiger partial charge in [-0.25, -0.2) is 0 Å². The van der Waals surface area contributed by atoms with E-state index in [2.05, 4.69) is 13.8 Å². The number of carboxylic acid groups (broad SMARTS) is 2. The summed E-state index contributed by atoms with van der Waals surface area (Å²) in [5.41, 5.74) is 0. The van der Waals surface area contributed by atoms with Gasteiger partial charge in [-0.15, -0.1) is 0 Å². The molecule has 0 heterocycles. The molecule has 0 unspecified atom stereocenters. The second-order valence-electron chi connectivity index (χ2n) is 8.00. The molecule has 6 nitrogen and oxygen atoms in total. The molecule has 4 N–H and O–H groups in total. The summed E-state index contributed by atoms with van der Waals surface area (Å²) in [5.74, 6) is -1.28. The van der Waals surface area contributed by atoms with Gasteiger partial charge in [0.05, 0.1) is 0 Å². The second kappa shape index (κ2) is 30.1. The van der Waals surface area contributed by atoms with Crippen LogP contribution in [0.25, 0.3) is 0 Å². The zero-order valence-electron chi connectivity index (χ0n) is 19.9. The molecule has 0 aliphatic carbocycles. The Bertz CT molecular complexity index is 315. The average Bonchev–Trinajstić information content (AvgIpc) is 2.72. The SMILES string of the molecule is CC(CO)CO.CCCCCCCCCC(=O)O.CCCCCCCCCC(=O)O. The van der Waals surface area contributed by atoms with Gasteiger partial charge < -0.3 is 20.4 Å². The maximum Gasteiger partial charge on any atom is 0.303 e. The van der Waals surface area contributed by atoms with Crippen LogP contribution in [0.4, 0.5) is 0 Å². The minimum Gasteiger partial charge on any atom is -0.481 e. The number of aliphatic hydroxyl groups excluding tert-OH is 2. The van der Waals surface area contributed by atoms with Crippen LogP contribution in [0.1, 0.15) is 124 Å². The van der Waals surface area contributed by atoms with E-state index in [1.165, 1.54) is 64.2 Å². The van der Waals surface area contributed by atoms with Crippen LogP contribution < -0.4 is 0 Å². The summed E-state index contributed by atoms with van der Waals surface area (Å²) in [6.07, 6.45) is 17.3. The predicted molar refractivity (Wildman–Crippen MR) is 124 cm³/mol. The highest BCUT2D eigenvalue weighted by atomic mass is 16.4. The Balaban J connectivity index is -0.000000386. The zero-order valence-corrected chi connectivity index (χ0v) is 19.9. The molecule has 6 heteroatoms. The van der Waals surface area contributed by atoms with Crippen LogP contribution in [0, 0.1) is 5.92 Å². The third kappa shape index (κ3) is 41.3. The van der Waals surface area contributed by atoms with Crippen molar-refractivity contribution < 1.29 is 30.0 Å². The summed E-state index contributed by atoms with van der Waals surface area (Å²) in [7, 11) is 0. The van der Waals surface area contributed by atoms with Gasteiger partial charge in [-0.3, -0.25) is 9.59 Å². The lowest BCUT2D eigenvalue weighted by molar-refractivity contribution is -0.138. The molecule has 0 saturated heterocycles. The molecule has 0 atom stereocenters. The van der Waals surface area contributed by atoms with Gasteiger partial charge in [0.25, 0.3) is 0 Å². The smallest absolute Gasteiger partial charge is 0.303 e. The standard InChI is InChI=1S/2C10H20O2.C4H10O2/c2*1-2-3-4-5-6-7-8-9-10(11)12;1-4(2-5)3-6/h2*2-9H2,1H3,(H,11,12);4-6H,2-3H2,1H3. The van der Waals surface area contributed by atoms with Crippen LogP contribution in [0.3, 0.4) is 0 Å². The fourth-order valence-electron chi connectivity index (χ4n) is 2.52. The van der Waals surface area contributed by atoms with E-state index in [0.717, 1.165) is 25.7 Å². The molecule has 0 bridgehead atoms. The van der Waals surface area contributed by atoms with Crippen LogP contribution in [0.15, 0.2) is 0 Å². The number of carbonyl (C=O) groups is 2. The number of aliphatic hydroxyl groups is 2. The molecule has 0 aromatic heterocycles. The first-order chi connectivity index (χ1) is 14.3. The van der Waals surface area contributed by atoms with Crippen molar-refractivity contribution in [2.75, 3.05) is 13.2 Å². The summed E-state index contributed by atoms with van der Waals surface area (Å²) < 4.78 is 0. The minimum atomic E-state index is -0.663. The van der Waals surface area contributed by atoms with Crippen molar-refractivity contribution in [3.8, 4) is 0 Å². The molecule has 0 aliphatic heterocycles. The van der Waals surface area contributed by atoms with E-state index >= 15 is 0 Å². The van der Waals surface area contributed by atoms with Gasteiger partial charge in [0.2, 0.25) is 0 Å². The van der Waals surface area contributed by atoms with E-state index < -0.39 is 11.9 Å². The molecule has 0 amide bonds. The summed E-state index contributed by atoms with van der Waals surface area (Å²) >= 11 is 0. The molecule has 0 fully saturated rings. The lowest BCUT2D eigenvalue weighted by Crippen LogP contribution is -2.04. The third-order valence-electron chi connectivity index (χ3n) is 4.61. The maximum atomic E-state index is 10.1. The molecule has 0 radical (unpaired) electrons.